The monoisotopic (exact) mass is 371 g/mol. The van der Waals surface area contributed by atoms with E-state index in [9.17, 15) is 0 Å². The quantitative estimate of drug-likeness (QED) is 0.432. The SMILES string of the molecule is Nc1c(-c2cccnc2)cc(Cl)c(NCCCc2ccccc2)c1Cl. The molecule has 1 heterocycles. The molecule has 2 aromatic carbocycles. The Morgan fingerprint density at radius 1 is 1.04 bits per heavy atom. The molecule has 3 nitrogen and oxygen atoms in total. The second kappa shape index (κ2) is 8.24. The van der Waals surface area contributed by atoms with E-state index in [1.807, 2.05) is 36.4 Å². The van der Waals surface area contributed by atoms with Crippen molar-refractivity contribution in [3.63, 3.8) is 0 Å². The van der Waals surface area contributed by atoms with Crippen molar-refractivity contribution in [3.8, 4) is 11.1 Å². The Labute approximate surface area is 157 Å². The number of anilines is 2. The number of aryl methyl sites for hydroxylation is 1. The average Bonchev–Trinajstić information content (AvgIpc) is 2.65. The van der Waals surface area contributed by atoms with Crippen molar-refractivity contribution >= 4 is 34.6 Å². The fourth-order valence-electron chi connectivity index (χ4n) is 2.71. The standard InChI is InChI=1S/C20H19Cl2N3/c21-17-12-16(15-9-5-10-24-13-15)19(23)18(22)20(17)25-11-4-8-14-6-2-1-3-7-14/h1-3,5-7,9-10,12-13,25H,4,8,11,23H2. The summed E-state index contributed by atoms with van der Waals surface area (Å²) < 4.78 is 0. The van der Waals surface area contributed by atoms with E-state index < -0.39 is 0 Å². The molecule has 1 aromatic heterocycles. The average molecular weight is 372 g/mol. The van der Waals surface area contributed by atoms with Gasteiger partial charge in [-0.1, -0.05) is 59.6 Å². The predicted octanol–water partition coefficient (Wildman–Crippen LogP) is 5.68. The van der Waals surface area contributed by atoms with E-state index in [-0.39, 0.29) is 0 Å². The van der Waals surface area contributed by atoms with Crippen LogP contribution in [0.2, 0.25) is 10.0 Å². The maximum atomic E-state index is 6.46. The number of hydrogen-bond donors (Lipinski definition) is 2. The Balaban J connectivity index is 1.71. The molecule has 5 heteroatoms. The highest BCUT2D eigenvalue weighted by Crippen LogP contribution is 2.41. The fourth-order valence-corrected chi connectivity index (χ4v) is 3.30. The molecule has 0 fully saturated rings. The summed E-state index contributed by atoms with van der Waals surface area (Å²) in [6, 6.07) is 16.0. The van der Waals surface area contributed by atoms with Gasteiger partial charge in [0.2, 0.25) is 0 Å². The Hall–Kier alpha value is -2.23. The molecule has 3 N–H and O–H groups in total. The summed E-state index contributed by atoms with van der Waals surface area (Å²) in [5, 5.41) is 4.32. The molecular weight excluding hydrogens is 353 g/mol. The maximum Gasteiger partial charge on any atom is 0.0888 e. The van der Waals surface area contributed by atoms with Crippen molar-refractivity contribution in [1.82, 2.24) is 4.98 Å². The third-order valence-corrected chi connectivity index (χ3v) is 4.71. The van der Waals surface area contributed by atoms with Crippen molar-refractivity contribution in [2.24, 2.45) is 0 Å². The largest absolute Gasteiger partial charge is 0.397 e. The first-order chi connectivity index (χ1) is 12.2. The number of aromatic nitrogens is 1. The van der Waals surface area contributed by atoms with E-state index in [1.54, 1.807) is 12.4 Å². The van der Waals surface area contributed by atoms with Crippen LogP contribution in [0.25, 0.3) is 11.1 Å². The van der Waals surface area contributed by atoms with Crippen LogP contribution in [-0.4, -0.2) is 11.5 Å². The van der Waals surface area contributed by atoms with Crippen LogP contribution >= 0.6 is 23.2 Å². The van der Waals surface area contributed by atoms with E-state index in [2.05, 4.69) is 22.4 Å². The maximum absolute atomic E-state index is 6.46. The molecule has 0 aliphatic carbocycles. The van der Waals surface area contributed by atoms with Gasteiger partial charge in [-0.25, -0.2) is 0 Å². The van der Waals surface area contributed by atoms with Gasteiger partial charge in [0, 0.05) is 30.1 Å². The Bertz CT molecular complexity index is 837. The van der Waals surface area contributed by atoms with Gasteiger partial charge in [0.25, 0.3) is 0 Å². The molecule has 0 saturated carbocycles. The van der Waals surface area contributed by atoms with E-state index >= 15 is 0 Å². The second-order valence-electron chi connectivity index (χ2n) is 5.77. The highest BCUT2D eigenvalue weighted by Gasteiger charge is 2.15. The summed E-state index contributed by atoms with van der Waals surface area (Å²) in [7, 11) is 0. The molecule has 25 heavy (non-hydrogen) atoms. The molecule has 0 saturated heterocycles. The van der Waals surface area contributed by atoms with Crippen LogP contribution in [-0.2, 0) is 6.42 Å². The van der Waals surface area contributed by atoms with Crippen LogP contribution in [0.3, 0.4) is 0 Å². The van der Waals surface area contributed by atoms with Crippen molar-refractivity contribution in [2.75, 3.05) is 17.6 Å². The molecular formula is C20H19Cl2N3. The van der Waals surface area contributed by atoms with E-state index in [0.717, 1.165) is 30.5 Å². The van der Waals surface area contributed by atoms with Gasteiger partial charge in [-0.15, -0.1) is 0 Å². The number of rotatable bonds is 6. The van der Waals surface area contributed by atoms with Gasteiger partial charge in [-0.05, 0) is 30.5 Å². The van der Waals surface area contributed by atoms with Crippen LogP contribution in [0.4, 0.5) is 11.4 Å². The number of halogens is 2. The lowest BCUT2D eigenvalue weighted by atomic mass is 10.0. The molecule has 0 amide bonds. The molecule has 128 valence electrons. The summed E-state index contributed by atoms with van der Waals surface area (Å²) in [5.41, 5.74) is 10.4. The number of hydrogen-bond acceptors (Lipinski definition) is 3. The van der Waals surface area contributed by atoms with Gasteiger partial charge in [0.1, 0.15) is 0 Å². The highest BCUT2D eigenvalue weighted by atomic mass is 35.5. The van der Waals surface area contributed by atoms with Crippen molar-refractivity contribution in [2.45, 2.75) is 12.8 Å². The van der Waals surface area contributed by atoms with Crippen molar-refractivity contribution in [1.29, 1.82) is 0 Å². The lowest BCUT2D eigenvalue weighted by Crippen LogP contribution is -2.06. The number of nitrogens with one attached hydrogen (secondary N) is 1. The Morgan fingerprint density at radius 2 is 1.84 bits per heavy atom. The third kappa shape index (κ3) is 4.25. The van der Waals surface area contributed by atoms with Gasteiger partial charge in [0.05, 0.1) is 21.4 Å². The molecule has 3 rings (SSSR count). The molecule has 0 bridgehead atoms. The van der Waals surface area contributed by atoms with Crippen LogP contribution in [0.5, 0.6) is 0 Å². The Kier molecular flexibility index (Phi) is 5.79. The number of nitrogens with zero attached hydrogens (tertiary/aromatic N) is 1. The molecule has 0 aliphatic rings. The van der Waals surface area contributed by atoms with Gasteiger partial charge in [-0.2, -0.15) is 0 Å². The normalized spacial score (nSPS) is 10.6. The summed E-state index contributed by atoms with van der Waals surface area (Å²) >= 11 is 12.9. The van der Waals surface area contributed by atoms with E-state index in [1.165, 1.54) is 5.56 Å². The first kappa shape index (κ1) is 17.6. The summed E-state index contributed by atoms with van der Waals surface area (Å²) in [5.74, 6) is 0. The fraction of sp³-hybridized carbons (Fsp3) is 0.150. The zero-order chi connectivity index (χ0) is 17.6. The van der Waals surface area contributed by atoms with Crippen LogP contribution in [0, 0.1) is 0 Å². The minimum Gasteiger partial charge on any atom is -0.397 e. The molecule has 0 spiro atoms. The Morgan fingerprint density at radius 3 is 2.56 bits per heavy atom. The van der Waals surface area contributed by atoms with Crippen molar-refractivity contribution in [3.05, 3.63) is 76.5 Å². The van der Waals surface area contributed by atoms with Gasteiger partial charge >= 0.3 is 0 Å². The first-order valence-corrected chi connectivity index (χ1v) is 8.88. The van der Waals surface area contributed by atoms with Gasteiger partial charge in [0.15, 0.2) is 0 Å². The zero-order valence-corrected chi connectivity index (χ0v) is 15.2. The molecule has 0 unspecified atom stereocenters. The summed E-state index contributed by atoms with van der Waals surface area (Å²) in [6.45, 7) is 0.764. The first-order valence-electron chi connectivity index (χ1n) is 8.12. The van der Waals surface area contributed by atoms with E-state index in [0.29, 0.717) is 21.4 Å². The number of benzene rings is 2. The zero-order valence-electron chi connectivity index (χ0n) is 13.7. The third-order valence-electron chi connectivity index (χ3n) is 4.02. The van der Waals surface area contributed by atoms with Crippen LogP contribution in [0.1, 0.15) is 12.0 Å². The number of pyridine rings is 1. The van der Waals surface area contributed by atoms with E-state index in [4.69, 9.17) is 28.9 Å². The molecule has 0 radical (unpaired) electrons. The summed E-state index contributed by atoms with van der Waals surface area (Å²) in [6.07, 6.45) is 5.42. The van der Waals surface area contributed by atoms with Crippen molar-refractivity contribution < 1.29 is 0 Å². The summed E-state index contributed by atoms with van der Waals surface area (Å²) in [4.78, 5) is 4.12. The second-order valence-corrected chi connectivity index (χ2v) is 6.55. The minimum atomic E-state index is 0.450. The predicted molar refractivity (Wildman–Crippen MR) is 107 cm³/mol. The number of nitrogens with two attached hydrogens (primary N) is 1. The van der Waals surface area contributed by atoms with Crippen LogP contribution < -0.4 is 11.1 Å². The minimum absolute atomic E-state index is 0.450. The van der Waals surface area contributed by atoms with Gasteiger partial charge in [-0.3, -0.25) is 4.98 Å². The lowest BCUT2D eigenvalue weighted by molar-refractivity contribution is 0.863. The van der Waals surface area contributed by atoms with Crippen LogP contribution in [0.15, 0.2) is 60.9 Å². The molecule has 0 aliphatic heterocycles. The topological polar surface area (TPSA) is 50.9 Å². The molecule has 0 atom stereocenters. The molecule has 3 aromatic rings. The lowest BCUT2D eigenvalue weighted by Gasteiger charge is -2.15. The highest BCUT2D eigenvalue weighted by molar-refractivity contribution is 6.41. The number of nitrogen functional groups attached to an aromatic ring is 1. The smallest absolute Gasteiger partial charge is 0.0888 e. The van der Waals surface area contributed by atoms with Gasteiger partial charge < -0.3 is 11.1 Å².